The largest absolute Gasteiger partial charge is 0.476 e. The van der Waals surface area contributed by atoms with Crippen molar-refractivity contribution in [3.63, 3.8) is 0 Å². The Balaban J connectivity index is 2.31. The van der Waals surface area contributed by atoms with Crippen LogP contribution in [0, 0.1) is 6.92 Å². The van der Waals surface area contributed by atoms with Crippen LogP contribution in [0.1, 0.15) is 20.2 Å². The topological polar surface area (TPSA) is 74.6 Å². The SMILES string of the molecule is Cc1ccc(C=NNc2c(Cl)c(Cl)nc(C(=O)O)c2Cl)s1. The Bertz CT molecular complexity index is 731. The second kappa shape index (κ2) is 6.62. The van der Waals surface area contributed by atoms with Crippen molar-refractivity contribution in [3.05, 3.63) is 42.8 Å². The Kier molecular flexibility index (Phi) is 5.05. The molecule has 0 amide bonds. The fourth-order valence-electron chi connectivity index (χ4n) is 1.44. The highest BCUT2D eigenvalue weighted by molar-refractivity contribution is 7.13. The lowest BCUT2D eigenvalue weighted by atomic mass is 10.3. The number of thiophene rings is 1. The number of aromatic nitrogens is 1. The number of carboxylic acids is 1. The summed E-state index contributed by atoms with van der Waals surface area (Å²) in [5, 5.41) is 12.7. The summed E-state index contributed by atoms with van der Waals surface area (Å²) >= 11 is 19.2. The molecule has 2 aromatic heterocycles. The molecular formula is C12H8Cl3N3O2S. The first-order chi connectivity index (χ1) is 9.90. The van der Waals surface area contributed by atoms with Gasteiger partial charge in [0.2, 0.25) is 0 Å². The van der Waals surface area contributed by atoms with E-state index in [1.165, 1.54) is 0 Å². The normalized spacial score (nSPS) is 11.0. The average Bonchev–Trinajstić information content (AvgIpc) is 2.83. The zero-order chi connectivity index (χ0) is 15.6. The third-order valence-electron chi connectivity index (χ3n) is 2.37. The van der Waals surface area contributed by atoms with E-state index in [9.17, 15) is 4.79 Å². The number of hydrogen-bond acceptors (Lipinski definition) is 5. The summed E-state index contributed by atoms with van der Waals surface area (Å²) in [6.45, 7) is 1.98. The molecule has 110 valence electrons. The highest BCUT2D eigenvalue weighted by Crippen LogP contribution is 2.36. The fourth-order valence-corrected chi connectivity index (χ4v) is 2.85. The Morgan fingerprint density at radius 3 is 2.67 bits per heavy atom. The number of hydrazone groups is 1. The number of halogens is 3. The second-order valence-electron chi connectivity index (χ2n) is 3.88. The molecular weight excluding hydrogens is 357 g/mol. The summed E-state index contributed by atoms with van der Waals surface area (Å²) in [5.74, 6) is -1.31. The van der Waals surface area contributed by atoms with Crippen molar-refractivity contribution in [2.24, 2.45) is 5.10 Å². The molecule has 0 aliphatic rings. The molecule has 2 N–H and O–H groups in total. The number of nitrogens with zero attached hydrogens (tertiary/aromatic N) is 2. The van der Waals surface area contributed by atoms with Gasteiger partial charge in [0.1, 0.15) is 10.0 Å². The zero-order valence-electron chi connectivity index (χ0n) is 10.5. The van der Waals surface area contributed by atoms with Crippen LogP contribution in [0.4, 0.5) is 5.69 Å². The molecule has 2 rings (SSSR count). The van der Waals surface area contributed by atoms with Gasteiger partial charge < -0.3 is 5.11 Å². The molecule has 2 heterocycles. The van der Waals surface area contributed by atoms with E-state index in [1.54, 1.807) is 17.6 Å². The smallest absolute Gasteiger partial charge is 0.356 e. The highest BCUT2D eigenvalue weighted by Gasteiger charge is 2.20. The van der Waals surface area contributed by atoms with E-state index in [-0.39, 0.29) is 20.9 Å². The maximum Gasteiger partial charge on any atom is 0.356 e. The van der Waals surface area contributed by atoms with Gasteiger partial charge in [0.25, 0.3) is 0 Å². The van der Waals surface area contributed by atoms with Gasteiger partial charge in [-0.2, -0.15) is 5.10 Å². The Morgan fingerprint density at radius 1 is 1.38 bits per heavy atom. The second-order valence-corrected chi connectivity index (χ2v) is 6.31. The number of anilines is 1. The predicted octanol–water partition coefficient (Wildman–Crippen LogP) is 4.56. The minimum atomic E-state index is -1.31. The van der Waals surface area contributed by atoms with Crippen molar-refractivity contribution in [1.29, 1.82) is 0 Å². The first-order valence-electron chi connectivity index (χ1n) is 5.53. The molecule has 0 saturated carbocycles. The van der Waals surface area contributed by atoms with Crippen LogP contribution in [0.3, 0.4) is 0 Å². The van der Waals surface area contributed by atoms with E-state index in [0.29, 0.717) is 0 Å². The lowest BCUT2D eigenvalue weighted by molar-refractivity contribution is 0.0691. The van der Waals surface area contributed by atoms with Gasteiger partial charge in [0.05, 0.1) is 11.9 Å². The van der Waals surface area contributed by atoms with Crippen molar-refractivity contribution >= 4 is 64.0 Å². The minimum Gasteiger partial charge on any atom is -0.476 e. The third-order valence-corrected chi connectivity index (χ3v) is 4.41. The lowest BCUT2D eigenvalue weighted by Gasteiger charge is -2.09. The molecule has 21 heavy (non-hydrogen) atoms. The standard InChI is InChI=1S/C12H8Cl3N3O2S/c1-5-2-3-6(21-5)4-16-18-9-7(13)10(12(19)20)17-11(15)8(9)14/h2-4H,1H3,(H,17,18)(H,19,20). The molecule has 0 radical (unpaired) electrons. The van der Waals surface area contributed by atoms with Gasteiger partial charge in [-0.15, -0.1) is 11.3 Å². The predicted molar refractivity (Wildman–Crippen MR) is 86.5 cm³/mol. The number of aromatic carboxylic acids is 1. The van der Waals surface area contributed by atoms with Gasteiger partial charge in [-0.05, 0) is 19.1 Å². The fraction of sp³-hybridized carbons (Fsp3) is 0.0833. The van der Waals surface area contributed by atoms with Gasteiger partial charge in [-0.1, -0.05) is 34.8 Å². The van der Waals surface area contributed by atoms with Crippen LogP contribution in [0.15, 0.2) is 17.2 Å². The monoisotopic (exact) mass is 363 g/mol. The van der Waals surface area contributed by atoms with E-state index in [0.717, 1.165) is 9.75 Å². The molecule has 0 aliphatic carbocycles. The molecule has 0 unspecified atom stereocenters. The minimum absolute atomic E-state index is 0.00572. The van der Waals surface area contributed by atoms with Gasteiger partial charge >= 0.3 is 5.97 Å². The number of pyridine rings is 1. The van der Waals surface area contributed by atoms with Crippen molar-refractivity contribution in [2.45, 2.75) is 6.92 Å². The van der Waals surface area contributed by atoms with Crippen molar-refractivity contribution in [1.82, 2.24) is 4.98 Å². The molecule has 0 fully saturated rings. The summed E-state index contributed by atoms with van der Waals surface area (Å²) in [6, 6.07) is 3.86. The van der Waals surface area contributed by atoms with Crippen LogP contribution in [-0.2, 0) is 0 Å². The van der Waals surface area contributed by atoms with E-state index in [2.05, 4.69) is 15.5 Å². The third kappa shape index (κ3) is 3.65. The molecule has 0 bridgehead atoms. The van der Waals surface area contributed by atoms with Gasteiger partial charge in [-0.25, -0.2) is 9.78 Å². The Labute approximate surface area is 139 Å². The highest BCUT2D eigenvalue weighted by atomic mass is 35.5. The molecule has 9 heteroatoms. The number of aryl methyl sites for hydroxylation is 1. The molecule has 2 aromatic rings. The summed E-state index contributed by atoms with van der Waals surface area (Å²) < 4.78 is 0. The number of nitrogens with one attached hydrogen (secondary N) is 1. The van der Waals surface area contributed by atoms with Crippen LogP contribution >= 0.6 is 46.1 Å². The van der Waals surface area contributed by atoms with E-state index < -0.39 is 11.7 Å². The number of hydrogen-bond donors (Lipinski definition) is 2. The maximum absolute atomic E-state index is 11.0. The number of carboxylic acid groups (broad SMARTS) is 1. The lowest BCUT2D eigenvalue weighted by Crippen LogP contribution is -2.05. The molecule has 0 spiro atoms. The summed E-state index contributed by atoms with van der Waals surface area (Å²) in [4.78, 5) is 16.7. The molecule has 0 aromatic carbocycles. The van der Waals surface area contributed by atoms with E-state index >= 15 is 0 Å². The molecule has 5 nitrogen and oxygen atoms in total. The van der Waals surface area contributed by atoms with Crippen LogP contribution in [0.2, 0.25) is 15.2 Å². The number of rotatable bonds is 4. The van der Waals surface area contributed by atoms with Crippen molar-refractivity contribution in [2.75, 3.05) is 5.43 Å². The van der Waals surface area contributed by atoms with Crippen LogP contribution in [0.25, 0.3) is 0 Å². The quantitative estimate of drug-likeness (QED) is 0.474. The van der Waals surface area contributed by atoms with E-state index in [1.807, 2.05) is 19.1 Å². The maximum atomic E-state index is 11.0. The van der Waals surface area contributed by atoms with E-state index in [4.69, 9.17) is 39.9 Å². The Hall–Kier alpha value is -1.34. The molecule has 0 saturated heterocycles. The number of carbonyl (C=O) groups is 1. The summed E-state index contributed by atoms with van der Waals surface area (Å²) in [6.07, 6.45) is 1.57. The van der Waals surface area contributed by atoms with Gasteiger partial charge in [0.15, 0.2) is 10.8 Å². The molecule has 0 atom stereocenters. The van der Waals surface area contributed by atoms with Gasteiger partial charge in [0, 0.05) is 9.75 Å². The van der Waals surface area contributed by atoms with Crippen LogP contribution < -0.4 is 5.43 Å². The van der Waals surface area contributed by atoms with Crippen LogP contribution in [0.5, 0.6) is 0 Å². The first-order valence-corrected chi connectivity index (χ1v) is 7.48. The zero-order valence-corrected chi connectivity index (χ0v) is 13.6. The average molecular weight is 365 g/mol. The summed E-state index contributed by atoms with van der Waals surface area (Å²) in [7, 11) is 0. The van der Waals surface area contributed by atoms with Crippen molar-refractivity contribution < 1.29 is 9.90 Å². The van der Waals surface area contributed by atoms with Gasteiger partial charge in [-0.3, -0.25) is 5.43 Å². The first kappa shape index (κ1) is 16.0. The Morgan fingerprint density at radius 2 is 2.10 bits per heavy atom. The van der Waals surface area contributed by atoms with Crippen molar-refractivity contribution in [3.8, 4) is 0 Å². The molecule has 0 aliphatic heterocycles. The summed E-state index contributed by atoms with van der Waals surface area (Å²) in [5.41, 5.74) is 2.30. The van der Waals surface area contributed by atoms with Crippen LogP contribution in [-0.4, -0.2) is 22.3 Å².